The Morgan fingerprint density at radius 3 is 2.84 bits per heavy atom. The number of rotatable bonds is 3. The summed E-state index contributed by atoms with van der Waals surface area (Å²) in [7, 11) is 0. The van der Waals surface area contributed by atoms with Crippen LogP contribution in [-0.2, 0) is 0 Å². The topological polar surface area (TPSA) is 63.5 Å². The number of anilines is 1. The number of nitrogens with zero attached hydrogens (tertiary/aromatic N) is 2. The van der Waals surface area contributed by atoms with Crippen molar-refractivity contribution in [3.63, 3.8) is 0 Å². The van der Waals surface area contributed by atoms with E-state index in [2.05, 4.69) is 4.90 Å². The van der Waals surface area contributed by atoms with Gasteiger partial charge in [-0.1, -0.05) is 0 Å². The zero-order valence-electron chi connectivity index (χ0n) is 10.8. The molecular weight excluding hydrogens is 264 g/mol. The van der Waals surface area contributed by atoms with Crippen molar-refractivity contribution in [1.29, 1.82) is 0 Å². The molecule has 1 fully saturated rings. The van der Waals surface area contributed by atoms with Crippen LogP contribution in [0.3, 0.4) is 0 Å². The molecule has 1 heterocycles. The summed E-state index contributed by atoms with van der Waals surface area (Å²) in [6, 6.07) is 4.89. The van der Waals surface area contributed by atoms with Crippen molar-refractivity contribution < 1.29 is 9.72 Å². The molecule has 1 aliphatic rings. The number of carbonyl (C=O) groups is 1. The second-order valence-corrected chi connectivity index (χ2v) is 5.69. The normalized spacial score (nSPS) is 15.9. The maximum absolute atomic E-state index is 11.4. The molecule has 0 bridgehead atoms. The van der Waals surface area contributed by atoms with Gasteiger partial charge in [0.25, 0.3) is 5.69 Å². The van der Waals surface area contributed by atoms with E-state index in [0.717, 1.165) is 36.7 Å². The Morgan fingerprint density at radius 1 is 1.37 bits per heavy atom. The number of Topliss-reactive ketones (excluding diaryl/α,β-unsaturated/α-hetero) is 1. The summed E-state index contributed by atoms with van der Waals surface area (Å²) in [4.78, 5) is 24.1. The van der Waals surface area contributed by atoms with Crippen LogP contribution >= 0.6 is 11.8 Å². The van der Waals surface area contributed by atoms with Gasteiger partial charge in [0, 0.05) is 30.6 Å². The highest BCUT2D eigenvalue weighted by molar-refractivity contribution is 7.99. The van der Waals surface area contributed by atoms with E-state index in [1.165, 1.54) is 13.0 Å². The number of nitro benzene ring substituents is 1. The summed E-state index contributed by atoms with van der Waals surface area (Å²) in [5, 5.41) is 11.1. The van der Waals surface area contributed by atoms with E-state index in [1.807, 2.05) is 11.8 Å². The summed E-state index contributed by atoms with van der Waals surface area (Å²) in [6.45, 7) is 3.15. The molecule has 19 heavy (non-hydrogen) atoms. The fourth-order valence-electron chi connectivity index (χ4n) is 2.17. The van der Waals surface area contributed by atoms with Crippen LogP contribution in [0.15, 0.2) is 18.2 Å². The van der Waals surface area contributed by atoms with Crippen LogP contribution in [0, 0.1) is 10.1 Å². The van der Waals surface area contributed by atoms with E-state index in [-0.39, 0.29) is 17.0 Å². The van der Waals surface area contributed by atoms with Crippen LogP contribution in [0.1, 0.15) is 23.7 Å². The average Bonchev–Trinajstić information content (AvgIpc) is 2.66. The van der Waals surface area contributed by atoms with Gasteiger partial charge in [0.2, 0.25) is 0 Å². The lowest BCUT2D eigenvalue weighted by Crippen LogP contribution is -2.25. The van der Waals surface area contributed by atoms with E-state index < -0.39 is 4.92 Å². The third kappa shape index (κ3) is 3.26. The average molecular weight is 280 g/mol. The summed E-state index contributed by atoms with van der Waals surface area (Å²) in [5.41, 5.74) is 0.916. The van der Waals surface area contributed by atoms with E-state index in [9.17, 15) is 14.9 Å². The zero-order valence-corrected chi connectivity index (χ0v) is 11.6. The standard InChI is InChI=1S/C13H16N2O3S/c1-10(16)12-4-3-11(9-13(12)15(17)18)14-5-2-7-19-8-6-14/h3-4,9H,2,5-8H2,1H3. The summed E-state index contributed by atoms with van der Waals surface area (Å²) >= 11 is 1.90. The molecule has 1 aromatic rings. The maximum Gasteiger partial charge on any atom is 0.282 e. The van der Waals surface area contributed by atoms with Gasteiger partial charge in [-0.15, -0.1) is 0 Å². The maximum atomic E-state index is 11.4. The lowest BCUT2D eigenvalue weighted by atomic mass is 10.1. The first-order valence-corrected chi connectivity index (χ1v) is 7.37. The predicted octanol–water partition coefficient (Wildman–Crippen LogP) is 2.74. The Kier molecular flexibility index (Phi) is 4.42. The van der Waals surface area contributed by atoms with Gasteiger partial charge in [-0.2, -0.15) is 11.8 Å². The van der Waals surface area contributed by atoms with Crippen LogP contribution in [0.5, 0.6) is 0 Å². The lowest BCUT2D eigenvalue weighted by molar-refractivity contribution is -0.385. The van der Waals surface area contributed by atoms with E-state index in [1.54, 1.807) is 12.1 Å². The molecule has 0 N–H and O–H groups in total. The van der Waals surface area contributed by atoms with Gasteiger partial charge >= 0.3 is 0 Å². The Bertz CT molecular complexity index is 497. The first-order valence-electron chi connectivity index (χ1n) is 6.21. The van der Waals surface area contributed by atoms with Gasteiger partial charge in [0.1, 0.15) is 0 Å². The molecule has 0 atom stereocenters. The zero-order chi connectivity index (χ0) is 13.8. The highest BCUT2D eigenvalue weighted by atomic mass is 32.2. The van der Waals surface area contributed by atoms with Gasteiger partial charge in [0.05, 0.1) is 10.5 Å². The number of hydrogen-bond donors (Lipinski definition) is 0. The third-order valence-electron chi connectivity index (χ3n) is 3.14. The molecule has 1 saturated heterocycles. The van der Waals surface area contributed by atoms with Crippen molar-refractivity contribution in [2.45, 2.75) is 13.3 Å². The molecule has 0 spiro atoms. The molecule has 5 nitrogen and oxygen atoms in total. The van der Waals surface area contributed by atoms with Crippen molar-refractivity contribution in [3.05, 3.63) is 33.9 Å². The minimum absolute atomic E-state index is 0.0955. The van der Waals surface area contributed by atoms with Crippen molar-refractivity contribution in [3.8, 4) is 0 Å². The molecule has 0 amide bonds. The fourth-order valence-corrected chi connectivity index (χ4v) is 3.06. The Hall–Kier alpha value is -1.56. The van der Waals surface area contributed by atoms with Crippen molar-refractivity contribution in [2.75, 3.05) is 29.5 Å². The molecule has 0 saturated carbocycles. The molecule has 2 rings (SSSR count). The second-order valence-electron chi connectivity index (χ2n) is 4.47. The number of benzene rings is 1. The van der Waals surface area contributed by atoms with Crippen molar-refractivity contribution in [1.82, 2.24) is 0 Å². The monoisotopic (exact) mass is 280 g/mol. The first-order chi connectivity index (χ1) is 9.09. The second kappa shape index (κ2) is 6.06. The van der Waals surface area contributed by atoms with Gasteiger partial charge in [-0.3, -0.25) is 14.9 Å². The molecule has 0 aliphatic carbocycles. The highest BCUT2D eigenvalue weighted by Gasteiger charge is 2.20. The van der Waals surface area contributed by atoms with Gasteiger partial charge < -0.3 is 4.90 Å². The highest BCUT2D eigenvalue weighted by Crippen LogP contribution is 2.27. The number of ketones is 1. The minimum Gasteiger partial charge on any atom is -0.370 e. The van der Waals surface area contributed by atoms with Gasteiger partial charge in [-0.05, 0) is 31.2 Å². The molecule has 0 unspecified atom stereocenters. The van der Waals surface area contributed by atoms with Crippen LogP contribution in [0.2, 0.25) is 0 Å². The summed E-state index contributed by atoms with van der Waals surface area (Å²) < 4.78 is 0. The van der Waals surface area contributed by atoms with Gasteiger partial charge in [0.15, 0.2) is 5.78 Å². The molecule has 102 valence electrons. The number of thioether (sulfide) groups is 1. The fraction of sp³-hybridized carbons (Fsp3) is 0.462. The molecule has 6 heteroatoms. The summed E-state index contributed by atoms with van der Waals surface area (Å²) in [6.07, 6.45) is 1.08. The minimum atomic E-state index is -0.479. The molecule has 1 aromatic carbocycles. The number of hydrogen-bond acceptors (Lipinski definition) is 5. The van der Waals surface area contributed by atoms with E-state index in [4.69, 9.17) is 0 Å². The van der Waals surface area contributed by atoms with Crippen molar-refractivity contribution in [2.24, 2.45) is 0 Å². The summed E-state index contributed by atoms with van der Waals surface area (Å²) in [5.74, 6) is 1.89. The number of nitro groups is 1. The Morgan fingerprint density at radius 2 is 2.16 bits per heavy atom. The van der Waals surface area contributed by atoms with Gasteiger partial charge in [-0.25, -0.2) is 0 Å². The molecule has 0 aromatic heterocycles. The number of carbonyl (C=O) groups excluding carboxylic acids is 1. The molecule has 0 radical (unpaired) electrons. The van der Waals surface area contributed by atoms with Crippen LogP contribution < -0.4 is 4.90 Å². The van der Waals surface area contributed by atoms with Crippen molar-refractivity contribution >= 4 is 28.9 Å². The molecular formula is C13H16N2O3S. The van der Waals surface area contributed by atoms with Crippen LogP contribution in [0.25, 0.3) is 0 Å². The quantitative estimate of drug-likeness (QED) is 0.484. The van der Waals surface area contributed by atoms with Crippen LogP contribution in [0.4, 0.5) is 11.4 Å². The lowest BCUT2D eigenvalue weighted by Gasteiger charge is -2.22. The van der Waals surface area contributed by atoms with E-state index in [0.29, 0.717) is 0 Å². The van der Waals surface area contributed by atoms with E-state index >= 15 is 0 Å². The molecule has 1 aliphatic heterocycles. The first kappa shape index (κ1) is 13.9. The Balaban J connectivity index is 2.34. The van der Waals surface area contributed by atoms with Crippen LogP contribution in [-0.4, -0.2) is 35.3 Å². The Labute approximate surface area is 116 Å². The third-order valence-corrected chi connectivity index (χ3v) is 4.19. The predicted molar refractivity (Wildman–Crippen MR) is 77.3 cm³/mol. The smallest absolute Gasteiger partial charge is 0.282 e. The SMILES string of the molecule is CC(=O)c1ccc(N2CCCSCC2)cc1[N+](=O)[O-]. The largest absolute Gasteiger partial charge is 0.370 e.